The summed E-state index contributed by atoms with van der Waals surface area (Å²) >= 11 is 0.382. The zero-order valence-electron chi connectivity index (χ0n) is 5.40. The van der Waals surface area contributed by atoms with Crippen molar-refractivity contribution in [3.63, 3.8) is 0 Å². The van der Waals surface area contributed by atoms with Gasteiger partial charge in [0, 0.05) is 13.2 Å². The molecule has 0 atom stereocenters. The zero-order chi connectivity index (χ0) is 8.12. The van der Waals surface area contributed by atoms with Gasteiger partial charge in [-0.05, 0) is 13.8 Å². The standard InChI is InChI=1S/2C2H6O.2ClH.Co/c2*1-2-3;;;/h2*3H,2H2,1H3;2*1H;/q;;;;+2/p-2. The molecule has 0 aromatic heterocycles. The summed E-state index contributed by atoms with van der Waals surface area (Å²) in [5.41, 5.74) is 0. The van der Waals surface area contributed by atoms with E-state index in [4.69, 9.17) is 30.5 Å². The summed E-state index contributed by atoms with van der Waals surface area (Å²) in [6.07, 6.45) is 0. The van der Waals surface area contributed by atoms with Gasteiger partial charge in [0.05, 0.1) is 0 Å². The van der Waals surface area contributed by atoms with Gasteiger partial charge in [-0.15, -0.1) is 0 Å². The van der Waals surface area contributed by atoms with Gasteiger partial charge >= 0.3 is 33.2 Å². The molecule has 0 aromatic rings. The van der Waals surface area contributed by atoms with Crippen LogP contribution in [0.4, 0.5) is 0 Å². The molecule has 0 spiro atoms. The van der Waals surface area contributed by atoms with Crippen LogP contribution in [0.5, 0.6) is 0 Å². The third-order valence-electron chi connectivity index (χ3n) is 0. The second-order valence-electron chi connectivity index (χ2n) is 0.680. The molecule has 0 aliphatic rings. The molecule has 0 bridgehead atoms. The van der Waals surface area contributed by atoms with Crippen molar-refractivity contribution in [3.8, 4) is 0 Å². The molecule has 9 heavy (non-hydrogen) atoms. The van der Waals surface area contributed by atoms with E-state index in [-0.39, 0.29) is 13.2 Å². The van der Waals surface area contributed by atoms with Gasteiger partial charge in [0.1, 0.15) is 0 Å². The van der Waals surface area contributed by atoms with Crippen molar-refractivity contribution in [2.45, 2.75) is 13.8 Å². The minimum atomic E-state index is 0.250. The Morgan fingerprint density at radius 3 is 1.11 bits per heavy atom. The van der Waals surface area contributed by atoms with Crippen LogP contribution in [-0.4, -0.2) is 23.4 Å². The SMILES string of the molecule is CCO.CCO.[Cl][Co][Cl]. The molecule has 0 saturated heterocycles. The van der Waals surface area contributed by atoms with Crippen LogP contribution < -0.4 is 0 Å². The first kappa shape index (κ1) is 16.5. The molecule has 5 heteroatoms. The Balaban J connectivity index is -0.0000000600. The van der Waals surface area contributed by atoms with E-state index >= 15 is 0 Å². The van der Waals surface area contributed by atoms with Gasteiger partial charge in [-0.3, -0.25) is 0 Å². The second-order valence-corrected chi connectivity index (χ2v) is 2.40. The maximum absolute atomic E-state index is 7.57. The minimum absolute atomic E-state index is 0.250. The van der Waals surface area contributed by atoms with Crippen LogP contribution in [0.2, 0.25) is 0 Å². The van der Waals surface area contributed by atoms with Crippen molar-refractivity contribution in [2.24, 2.45) is 0 Å². The van der Waals surface area contributed by atoms with Gasteiger partial charge in [-0.2, -0.15) is 0 Å². The number of hydrogen-bond donors (Lipinski definition) is 2. The molecule has 0 aliphatic carbocycles. The van der Waals surface area contributed by atoms with E-state index in [9.17, 15) is 0 Å². The third-order valence-corrected chi connectivity index (χ3v) is 0. The van der Waals surface area contributed by atoms with Crippen molar-refractivity contribution in [2.75, 3.05) is 13.2 Å². The average Bonchev–Trinajstić information content (AvgIpc) is 1.70. The Kier molecular flexibility index (Phi) is 66.1. The Morgan fingerprint density at radius 1 is 1.11 bits per heavy atom. The fourth-order valence-corrected chi connectivity index (χ4v) is 0. The summed E-state index contributed by atoms with van der Waals surface area (Å²) < 4.78 is 0. The summed E-state index contributed by atoms with van der Waals surface area (Å²) in [5.74, 6) is 0. The van der Waals surface area contributed by atoms with Crippen molar-refractivity contribution >= 4 is 20.3 Å². The van der Waals surface area contributed by atoms with Crippen LogP contribution in [0.3, 0.4) is 0 Å². The Hall–Kier alpha value is 1.01. The monoisotopic (exact) mass is 221 g/mol. The summed E-state index contributed by atoms with van der Waals surface area (Å²) in [7, 11) is 9.47. The Morgan fingerprint density at radius 2 is 1.11 bits per heavy atom. The van der Waals surface area contributed by atoms with Crippen molar-refractivity contribution in [3.05, 3.63) is 0 Å². The molecule has 0 heterocycles. The molecular formula is C4H12Cl2CoO2. The van der Waals surface area contributed by atoms with Gasteiger partial charge in [0.25, 0.3) is 0 Å². The predicted octanol–water partition coefficient (Wildman–Crippen LogP) is 1.37. The molecule has 2 N–H and O–H groups in total. The van der Waals surface area contributed by atoms with E-state index in [1.165, 1.54) is 0 Å². The number of halogens is 2. The van der Waals surface area contributed by atoms with Crippen LogP contribution in [0.15, 0.2) is 0 Å². The number of rotatable bonds is 0. The molecule has 0 radical (unpaired) electrons. The summed E-state index contributed by atoms with van der Waals surface area (Å²) in [6.45, 7) is 3.86. The average molecular weight is 222 g/mol. The van der Waals surface area contributed by atoms with E-state index in [1.54, 1.807) is 13.8 Å². The second kappa shape index (κ2) is 36.0. The number of hydrogen-bond acceptors (Lipinski definition) is 2. The van der Waals surface area contributed by atoms with Crippen LogP contribution in [0.25, 0.3) is 0 Å². The van der Waals surface area contributed by atoms with Gasteiger partial charge in [-0.25, -0.2) is 0 Å². The predicted molar refractivity (Wildman–Crippen MR) is 37.2 cm³/mol. The maximum atomic E-state index is 7.57. The molecule has 0 aliphatic heterocycles. The fourth-order valence-electron chi connectivity index (χ4n) is 0. The van der Waals surface area contributed by atoms with Crippen molar-refractivity contribution in [1.29, 1.82) is 0 Å². The summed E-state index contributed by atoms with van der Waals surface area (Å²) in [6, 6.07) is 0. The van der Waals surface area contributed by atoms with Crippen molar-refractivity contribution in [1.82, 2.24) is 0 Å². The van der Waals surface area contributed by atoms with E-state index in [0.29, 0.717) is 12.9 Å². The quantitative estimate of drug-likeness (QED) is 0.649. The van der Waals surface area contributed by atoms with Gasteiger partial charge < -0.3 is 10.2 Å². The van der Waals surface area contributed by atoms with Crippen molar-refractivity contribution < 1.29 is 23.1 Å². The Labute approximate surface area is 70.6 Å². The van der Waals surface area contributed by atoms with Gasteiger partial charge in [-0.1, -0.05) is 0 Å². The van der Waals surface area contributed by atoms with E-state index < -0.39 is 0 Å². The first-order valence-corrected chi connectivity index (χ1v) is 5.16. The van der Waals surface area contributed by atoms with Gasteiger partial charge in [0.2, 0.25) is 0 Å². The number of aliphatic hydroxyl groups excluding tert-OH is 2. The molecule has 0 amide bonds. The third kappa shape index (κ3) is 436. The summed E-state index contributed by atoms with van der Waals surface area (Å²) in [5, 5.41) is 15.1. The first-order valence-electron chi connectivity index (χ1n) is 2.30. The van der Waals surface area contributed by atoms with Crippen LogP contribution in [0.1, 0.15) is 13.8 Å². The molecule has 2 nitrogen and oxygen atoms in total. The zero-order valence-corrected chi connectivity index (χ0v) is 7.95. The van der Waals surface area contributed by atoms with E-state index in [1.807, 2.05) is 0 Å². The normalized spacial score (nSPS) is 6.44. The molecule has 0 unspecified atom stereocenters. The molecule has 0 aromatic carbocycles. The molecule has 0 fully saturated rings. The topological polar surface area (TPSA) is 40.5 Å². The van der Waals surface area contributed by atoms with Gasteiger partial charge in [0.15, 0.2) is 0 Å². The van der Waals surface area contributed by atoms with Crippen LogP contribution in [-0.2, 0) is 12.9 Å². The molecular weight excluding hydrogens is 210 g/mol. The molecule has 63 valence electrons. The van der Waals surface area contributed by atoms with Crippen LogP contribution >= 0.6 is 20.3 Å². The fraction of sp³-hybridized carbons (Fsp3) is 1.00. The Bertz CT molecular complexity index is 21.3. The number of aliphatic hydroxyl groups is 2. The molecule has 0 saturated carbocycles. The van der Waals surface area contributed by atoms with E-state index in [0.717, 1.165) is 0 Å². The van der Waals surface area contributed by atoms with E-state index in [2.05, 4.69) is 0 Å². The molecule has 0 rings (SSSR count). The van der Waals surface area contributed by atoms with Crippen LogP contribution in [0, 0.1) is 0 Å². The summed E-state index contributed by atoms with van der Waals surface area (Å²) in [4.78, 5) is 0. The first-order chi connectivity index (χ1) is 4.24.